The lowest BCUT2D eigenvalue weighted by Crippen LogP contribution is -2.24. The van der Waals surface area contributed by atoms with E-state index in [2.05, 4.69) is 14.7 Å². The fraction of sp³-hybridized carbons (Fsp3) is 0.300. The molecule has 0 aliphatic carbocycles. The maximum Gasteiger partial charge on any atom is 0.242 e. The molecule has 8 heteroatoms. The molecule has 0 radical (unpaired) electrons. The summed E-state index contributed by atoms with van der Waals surface area (Å²) in [5, 5.41) is 10.9. The van der Waals surface area contributed by atoms with Crippen molar-refractivity contribution in [2.75, 3.05) is 0 Å². The number of rotatable bonds is 5. The molecule has 3 N–H and O–H groups in total. The molecule has 0 spiro atoms. The molecule has 0 bridgehead atoms. The van der Waals surface area contributed by atoms with Crippen molar-refractivity contribution in [1.29, 1.82) is 0 Å². The van der Waals surface area contributed by atoms with E-state index >= 15 is 0 Å². The van der Waals surface area contributed by atoms with E-state index < -0.39 is 10.0 Å². The fourth-order valence-corrected chi connectivity index (χ4v) is 4.23. The molecule has 0 aliphatic rings. The molecule has 2 aromatic rings. The minimum absolute atomic E-state index is 0.0927. The molecular formula is C10H13N3O3S2. The van der Waals surface area contributed by atoms with Crippen molar-refractivity contribution in [2.45, 2.75) is 25.0 Å². The molecule has 2 rings (SSSR count). The highest BCUT2D eigenvalue weighted by Crippen LogP contribution is 2.26. The van der Waals surface area contributed by atoms with Crippen molar-refractivity contribution in [3.05, 3.63) is 34.0 Å². The van der Waals surface area contributed by atoms with Gasteiger partial charge in [-0.25, -0.2) is 18.1 Å². The maximum absolute atomic E-state index is 12.1. The van der Waals surface area contributed by atoms with Gasteiger partial charge in [0.25, 0.3) is 0 Å². The zero-order valence-corrected chi connectivity index (χ0v) is 11.3. The van der Waals surface area contributed by atoms with Crippen molar-refractivity contribution in [2.24, 2.45) is 0 Å². The van der Waals surface area contributed by atoms with Crippen LogP contribution in [0, 0.1) is 6.92 Å². The van der Waals surface area contributed by atoms with Crippen LogP contribution in [-0.2, 0) is 23.2 Å². The summed E-state index contributed by atoms with van der Waals surface area (Å²) in [5.41, 5.74) is 0.635. The van der Waals surface area contributed by atoms with Crippen LogP contribution in [0.15, 0.2) is 22.7 Å². The van der Waals surface area contributed by atoms with E-state index in [4.69, 9.17) is 5.11 Å². The second-order valence-electron chi connectivity index (χ2n) is 3.69. The van der Waals surface area contributed by atoms with Gasteiger partial charge in [0.1, 0.15) is 10.7 Å². The second kappa shape index (κ2) is 5.19. The Balaban J connectivity index is 2.22. The predicted molar refractivity (Wildman–Crippen MR) is 67.6 cm³/mol. The zero-order valence-electron chi connectivity index (χ0n) is 9.67. The molecule has 0 unspecified atom stereocenters. The highest BCUT2D eigenvalue weighted by atomic mass is 32.2. The number of aliphatic hydroxyl groups is 1. The Morgan fingerprint density at radius 1 is 1.56 bits per heavy atom. The molecule has 0 saturated carbocycles. The number of nitrogens with zero attached hydrogens (tertiary/aromatic N) is 1. The predicted octanol–water partition coefficient (Wildman–Crippen LogP) is 0.750. The van der Waals surface area contributed by atoms with Gasteiger partial charge >= 0.3 is 0 Å². The summed E-state index contributed by atoms with van der Waals surface area (Å²) in [6.45, 7) is 1.52. The molecule has 2 heterocycles. The third-order valence-electron chi connectivity index (χ3n) is 2.39. The van der Waals surface area contributed by atoms with Crippen molar-refractivity contribution in [3.8, 4) is 0 Å². The van der Waals surface area contributed by atoms with Crippen LogP contribution in [0.4, 0.5) is 0 Å². The summed E-state index contributed by atoms with van der Waals surface area (Å²) >= 11 is 1.23. The number of aromatic nitrogens is 2. The molecule has 0 atom stereocenters. The highest BCUT2D eigenvalue weighted by Gasteiger charge is 2.22. The van der Waals surface area contributed by atoms with Crippen molar-refractivity contribution >= 4 is 21.4 Å². The maximum atomic E-state index is 12.1. The van der Waals surface area contributed by atoms with Crippen LogP contribution in [0.25, 0.3) is 0 Å². The van der Waals surface area contributed by atoms with Gasteiger partial charge in [-0.3, -0.25) is 0 Å². The molecule has 18 heavy (non-hydrogen) atoms. The average Bonchev–Trinajstić information content (AvgIpc) is 2.95. The van der Waals surface area contributed by atoms with Gasteiger partial charge in [-0.1, -0.05) is 0 Å². The Hall–Kier alpha value is -1.22. The van der Waals surface area contributed by atoms with Crippen LogP contribution in [-0.4, -0.2) is 23.5 Å². The van der Waals surface area contributed by atoms with Crippen LogP contribution in [0.1, 0.15) is 16.3 Å². The smallest absolute Gasteiger partial charge is 0.242 e. The van der Waals surface area contributed by atoms with E-state index in [9.17, 15) is 8.42 Å². The van der Waals surface area contributed by atoms with E-state index in [1.54, 1.807) is 24.7 Å². The normalized spacial score (nSPS) is 11.9. The van der Waals surface area contributed by atoms with Crippen LogP contribution in [0.2, 0.25) is 0 Å². The topological polar surface area (TPSA) is 95.1 Å². The minimum atomic E-state index is -3.63. The van der Waals surface area contributed by atoms with Crippen molar-refractivity contribution in [1.82, 2.24) is 14.7 Å². The highest BCUT2D eigenvalue weighted by molar-refractivity contribution is 7.89. The van der Waals surface area contributed by atoms with E-state index in [0.717, 1.165) is 0 Å². The molecule has 0 saturated heterocycles. The van der Waals surface area contributed by atoms with Crippen LogP contribution < -0.4 is 4.72 Å². The van der Waals surface area contributed by atoms with Crippen LogP contribution in [0.5, 0.6) is 0 Å². The molecular weight excluding hydrogens is 274 g/mol. The van der Waals surface area contributed by atoms with Crippen LogP contribution >= 0.6 is 11.3 Å². The lowest BCUT2D eigenvalue weighted by atomic mass is 10.3. The number of imidazole rings is 1. The molecule has 0 aromatic carbocycles. The molecule has 6 nitrogen and oxygen atoms in total. The molecule has 98 valence electrons. The number of aromatic amines is 1. The first-order valence-electron chi connectivity index (χ1n) is 5.20. The van der Waals surface area contributed by atoms with E-state index in [-0.39, 0.29) is 18.0 Å². The van der Waals surface area contributed by atoms with Gasteiger partial charge in [-0.2, -0.15) is 0 Å². The monoisotopic (exact) mass is 287 g/mol. The number of hydrogen-bond acceptors (Lipinski definition) is 5. The fourth-order valence-electron chi connectivity index (χ4n) is 1.59. The summed E-state index contributed by atoms with van der Waals surface area (Å²) < 4.78 is 26.7. The van der Waals surface area contributed by atoms with Gasteiger partial charge in [-0.15, -0.1) is 11.3 Å². The van der Waals surface area contributed by atoms with E-state index in [1.807, 2.05) is 0 Å². The van der Waals surface area contributed by atoms with Gasteiger partial charge in [0.2, 0.25) is 10.0 Å². The van der Waals surface area contributed by atoms with Gasteiger partial charge in [0, 0.05) is 12.4 Å². The first kappa shape index (κ1) is 13.2. The van der Waals surface area contributed by atoms with Gasteiger partial charge < -0.3 is 10.1 Å². The molecule has 0 aliphatic heterocycles. The number of nitrogens with one attached hydrogen (secondary N) is 2. The summed E-state index contributed by atoms with van der Waals surface area (Å²) in [4.78, 5) is 7.36. The Morgan fingerprint density at radius 3 is 2.94 bits per heavy atom. The summed E-state index contributed by atoms with van der Waals surface area (Å²) in [6, 6.07) is 0. The van der Waals surface area contributed by atoms with Crippen molar-refractivity contribution < 1.29 is 13.5 Å². The zero-order chi connectivity index (χ0) is 13.2. The quantitative estimate of drug-likeness (QED) is 0.756. The Bertz CT molecular complexity index is 617. The molecule has 0 fully saturated rings. The summed E-state index contributed by atoms with van der Waals surface area (Å²) in [6.07, 6.45) is 3.18. The van der Waals surface area contributed by atoms with Crippen molar-refractivity contribution in [3.63, 3.8) is 0 Å². The first-order valence-corrected chi connectivity index (χ1v) is 7.56. The lowest BCUT2D eigenvalue weighted by molar-refractivity contribution is 0.282. The number of aryl methyl sites for hydroxylation is 1. The van der Waals surface area contributed by atoms with E-state index in [0.29, 0.717) is 16.3 Å². The average molecular weight is 287 g/mol. The largest absolute Gasteiger partial charge is 0.391 e. The Kier molecular flexibility index (Phi) is 3.81. The second-order valence-corrected chi connectivity index (χ2v) is 6.36. The number of H-pyrrole nitrogens is 1. The Labute approximate surface area is 109 Å². The third-order valence-corrected chi connectivity index (χ3v) is 5.23. The summed E-state index contributed by atoms with van der Waals surface area (Å²) in [5.74, 6) is 0.539. The number of thiophene rings is 1. The third kappa shape index (κ3) is 2.61. The molecule has 0 amide bonds. The van der Waals surface area contributed by atoms with Gasteiger partial charge in [0.15, 0.2) is 0 Å². The Morgan fingerprint density at radius 2 is 2.33 bits per heavy atom. The number of sulfonamides is 1. The minimum Gasteiger partial charge on any atom is -0.391 e. The lowest BCUT2D eigenvalue weighted by Gasteiger charge is -2.07. The van der Waals surface area contributed by atoms with Crippen LogP contribution in [0.3, 0.4) is 0 Å². The molecule has 2 aromatic heterocycles. The number of hydrogen-bond donors (Lipinski definition) is 3. The van der Waals surface area contributed by atoms with Gasteiger partial charge in [-0.05, 0) is 17.9 Å². The van der Waals surface area contributed by atoms with Gasteiger partial charge in [0.05, 0.1) is 18.0 Å². The summed E-state index contributed by atoms with van der Waals surface area (Å²) in [7, 11) is -3.63. The number of aliphatic hydroxyl groups excluding tert-OH is 1. The van der Waals surface area contributed by atoms with E-state index in [1.165, 1.54) is 11.3 Å². The standard InChI is InChI=1S/C10H13N3O3S2/c1-7-6-17-8(5-14)10(7)18(15,16)13-4-9-11-2-3-12-9/h2-3,6,13-14H,4-5H2,1H3,(H,11,12). The first-order chi connectivity index (χ1) is 8.54. The SMILES string of the molecule is Cc1csc(CO)c1S(=O)(=O)NCc1ncc[nH]1.